The van der Waals surface area contributed by atoms with Crippen LogP contribution in [0.3, 0.4) is 0 Å². The predicted octanol–water partition coefficient (Wildman–Crippen LogP) is 2.67. The summed E-state index contributed by atoms with van der Waals surface area (Å²) in [6.45, 7) is 11.5. The molecular formula is C22H27N7O. The molecule has 2 heterocycles. The molecule has 2 aromatic carbocycles. The van der Waals surface area contributed by atoms with Crippen LogP contribution in [0.5, 0.6) is 0 Å². The van der Waals surface area contributed by atoms with Crippen LogP contribution < -0.4 is 10.2 Å². The van der Waals surface area contributed by atoms with E-state index in [9.17, 15) is 4.79 Å². The molecule has 1 aliphatic rings. The summed E-state index contributed by atoms with van der Waals surface area (Å²) >= 11 is 0. The first kappa shape index (κ1) is 20.0. The van der Waals surface area contributed by atoms with Crippen molar-refractivity contribution in [3.63, 3.8) is 0 Å². The molecule has 0 radical (unpaired) electrons. The van der Waals surface area contributed by atoms with Crippen molar-refractivity contribution in [3.05, 3.63) is 59.4 Å². The van der Waals surface area contributed by atoms with Crippen LogP contribution in [0.1, 0.15) is 28.4 Å². The Labute approximate surface area is 176 Å². The Morgan fingerprint density at radius 2 is 1.83 bits per heavy atom. The van der Waals surface area contributed by atoms with Gasteiger partial charge in [0.25, 0.3) is 5.91 Å². The molecule has 0 saturated carbocycles. The molecule has 3 aromatic rings. The number of aryl methyl sites for hydroxylation is 2. The van der Waals surface area contributed by atoms with Gasteiger partial charge in [0.05, 0.1) is 5.69 Å². The summed E-state index contributed by atoms with van der Waals surface area (Å²) in [4.78, 5) is 17.7. The van der Waals surface area contributed by atoms with E-state index in [1.165, 1.54) is 12.0 Å². The Hall–Kier alpha value is -3.26. The van der Waals surface area contributed by atoms with Gasteiger partial charge in [0.15, 0.2) is 0 Å². The number of tetrazole rings is 1. The average molecular weight is 406 g/mol. The number of anilines is 2. The van der Waals surface area contributed by atoms with Crippen molar-refractivity contribution in [2.75, 3.05) is 42.9 Å². The minimum atomic E-state index is -0.131. The molecular weight excluding hydrogens is 378 g/mol. The number of piperazine rings is 1. The third-order valence-corrected chi connectivity index (χ3v) is 5.70. The summed E-state index contributed by atoms with van der Waals surface area (Å²) in [5.74, 6) is -0.131. The summed E-state index contributed by atoms with van der Waals surface area (Å²) < 4.78 is 1.58. The van der Waals surface area contributed by atoms with E-state index in [1.54, 1.807) is 10.7 Å². The van der Waals surface area contributed by atoms with Crippen LogP contribution >= 0.6 is 0 Å². The van der Waals surface area contributed by atoms with E-state index < -0.39 is 0 Å². The SMILES string of the molecule is CCN1CCN(c2ccc(NC(=O)c3ccc(-n4cnnn4)c(C)c3)c(C)c2)CC1. The number of nitrogens with zero attached hydrogens (tertiary/aromatic N) is 6. The fraction of sp³-hybridized carbons (Fsp3) is 0.364. The number of likely N-dealkylation sites (N-methyl/N-ethyl adjacent to an activating group) is 1. The molecule has 156 valence electrons. The van der Waals surface area contributed by atoms with Gasteiger partial charge in [-0.25, -0.2) is 4.68 Å². The number of benzene rings is 2. The first-order chi connectivity index (χ1) is 14.5. The number of carbonyl (C=O) groups is 1. The van der Waals surface area contributed by atoms with E-state index in [-0.39, 0.29) is 5.91 Å². The van der Waals surface area contributed by atoms with Gasteiger partial charge in [0.1, 0.15) is 6.33 Å². The van der Waals surface area contributed by atoms with Gasteiger partial charge in [-0.3, -0.25) is 4.79 Å². The fourth-order valence-electron chi connectivity index (χ4n) is 3.83. The molecule has 1 N–H and O–H groups in total. The average Bonchev–Trinajstić information content (AvgIpc) is 3.29. The third-order valence-electron chi connectivity index (χ3n) is 5.70. The zero-order valence-corrected chi connectivity index (χ0v) is 17.7. The lowest BCUT2D eigenvalue weighted by molar-refractivity contribution is 0.102. The molecule has 0 spiro atoms. The molecule has 0 aliphatic carbocycles. The lowest BCUT2D eigenvalue weighted by Crippen LogP contribution is -2.46. The van der Waals surface area contributed by atoms with Crippen molar-refractivity contribution in [2.45, 2.75) is 20.8 Å². The summed E-state index contributed by atoms with van der Waals surface area (Å²) in [5, 5.41) is 14.3. The predicted molar refractivity (Wildman–Crippen MR) is 117 cm³/mol. The van der Waals surface area contributed by atoms with Crippen molar-refractivity contribution in [1.82, 2.24) is 25.1 Å². The number of amides is 1. The number of rotatable bonds is 5. The maximum atomic E-state index is 12.8. The van der Waals surface area contributed by atoms with Crippen LogP contribution in [-0.2, 0) is 0 Å². The Morgan fingerprint density at radius 1 is 1.03 bits per heavy atom. The zero-order chi connectivity index (χ0) is 21.1. The van der Waals surface area contributed by atoms with Gasteiger partial charge in [0.2, 0.25) is 0 Å². The normalized spacial score (nSPS) is 14.7. The van der Waals surface area contributed by atoms with E-state index in [4.69, 9.17) is 0 Å². The quantitative estimate of drug-likeness (QED) is 0.703. The van der Waals surface area contributed by atoms with Gasteiger partial charge in [0, 0.05) is 43.1 Å². The van der Waals surface area contributed by atoms with Crippen molar-refractivity contribution >= 4 is 17.3 Å². The van der Waals surface area contributed by atoms with Crippen LogP contribution in [-0.4, -0.2) is 63.7 Å². The van der Waals surface area contributed by atoms with Crippen molar-refractivity contribution < 1.29 is 4.79 Å². The van der Waals surface area contributed by atoms with Crippen LogP contribution in [0.4, 0.5) is 11.4 Å². The number of carbonyl (C=O) groups excluding carboxylic acids is 1. The van der Waals surface area contributed by atoms with Gasteiger partial charge in [-0.05, 0) is 78.3 Å². The van der Waals surface area contributed by atoms with Crippen LogP contribution in [0.2, 0.25) is 0 Å². The summed E-state index contributed by atoms with van der Waals surface area (Å²) in [7, 11) is 0. The second kappa shape index (κ2) is 8.62. The highest BCUT2D eigenvalue weighted by Gasteiger charge is 2.17. The van der Waals surface area contributed by atoms with Gasteiger partial charge < -0.3 is 15.1 Å². The highest BCUT2D eigenvalue weighted by Crippen LogP contribution is 2.24. The Balaban J connectivity index is 1.45. The monoisotopic (exact) mass is 405 g/mol. The minimum Gasteiger partial charge on any atom is -0.369 e. The van der Waals surface area contributed by atoms with E-state index in [0.717, 1.165) is 55.2 Å². The minimum absolute atomic E-state index is 0.131. The van der Waals surface area contributed by atoms with E-state index in [0.29, 0.717) is 5.56 Å². The molecule has 8 nitrogen and oxygen atoms in total. The van der Waals surface area contributed by atoms with Crippen molar-refractivity contribution in [2.24, 2.45) is 0 Å². The molecule has 0 unspecified atom stereocenters. The van der Waals surface area contributed by atoms with Crippen molar-refractivity contribution in [3.8, 4) is 5.69 Å². The van der Waals surface area contributed by atoms with E-state index in [2.05, 4.69) is 49.7 Å². The number of hydrogen-bond acceptors (Lipinski definition) is 6. The Kier molecular flexibility index (Phi) is 5.76. The van der Waals surface area contributed by atoms with Crippen LogP contribution in [0, 0.1) is 13.8 Å². The van der Waals surface area contributed by atoms with E-state index >= 15 is 0 Å². The maximum Gasteiger partial charge on any atom is 0.255 e. The summed E-state index contributed by atoms with van der Waals surface area (Å²) in [6, 6.07) is 11.7. The number of aromatic nitrogens is 4. The summed E-state index contributed by atoms with van der Waals surface area (Å²) in [6.07, 6.45) is 1.54. The second-order valence-corrected chi connectivity index (χ2v) is 7.63. The second-order valence-electron chi connectivity index (χ2n) is 7.63. The molecule has 1 fully saturated rings. The zero-order valence-electron chi connectivity index (χ0n) is 17.7. The summed E-state index contributed by atoms with van der Waals surface area (Å²) in [5.41, 5.74) is 5.47. The Morgan fingerprint density at radius 3 is 2.47 bits per heavy atom. The largest absolute Gasteiger partial charge is 0.369 e. The molecule has 1 amide bonds. The number of nitrogens with one attached hydrogen (secondary N) is 1. The first-order valence-corrected chi connectivity index (χ1v) is 10.3. The standard InChI is InChI=1S/C22H27N7O/c1-4-27-9-11-28(12-10-27)19-6-7-20(16(2)14-19)24-22(30)18-5-8-21(17(3)13-18)29-15-23-25-26-29/h5-8,13-15H,4,9-12H2,1-3H3,(H,24,30). The molecule has 1 aliphatic heterocycles. The van der Waals surface area contributed by atoms with Crippen LogP contribution in [0.25, 0.3) is 5.69 Å². The smallest absolute Gasteiger partial charge is 0.255 e. The first-order valence-electron chi connectivity index (χ1n) is 10.3. The molecule has 30 heavy (non-hydrogen) atoms. The Bertz CT molecular complexity index is 1020. The number of hydrogen-bond donors (Lipinski definition) is 1. The van der Waals surface area contributed by atoms with Gasteiger partial charge >= 0.3 is 0 Å². The lowest BCUT2D eigenvalue weighted by Gasteiger charge is -2.35. The highest BCUT2D eigenvalue weighted by molar-refractivity contribution is 6.05. The van der Waals surface area contributed by atoms with Crippen molar-refractivity contribution in [1.29, 1.82) is 0 Å². The topological polar surface area (TPSA) is 79.2 Å². The fourth-order valence-corrected chi connectivity index (χ4v) is 3.83. The molecule has 8 heteroatoms. The molecule has 1 aromatic heterocycles. The van der Waals surface area contributed by atoms with Gasteiger partial charge in [-0.15, -0.1) is 5.10 Å². The van der Waals surface area contributed by atoms with Crippen LogP contribution in [0.15, 0.2) is 42.7 Å². The van der Waals surface area contributed by atoms with Gasteiger partial charge in [-0.2, -0.15) is 0 Å². The van der Waals surface area contributed by atoms with E-state index in [1.807, 2.05) is 32.0 Å². The van der Waals surface area contributed by atoms with Gasteiger partial charge in [-0.1, -0.05) is 6.92 Å². The third kappa shape index (κ3) is 4.18. The molecule has 0 atom stereocenters. The molecule has 4 rings (SSSR count). The molecule has 0 bridgehead atoms. The maximum absolute atomic E-state index is 12.8. The lowest BCUT2D eigenvalue weighted by atomic mass is 10.1. The molecule has 1 saturated heterocycles. The highest BCUT2D eigenvalue weighted by atomic mass is 16.1.